The van der Waals surface area contributed by atoms with Gasteiger partial charge in [0.25, 0.3) is 0 Å². The summed E-state index contributed by atoms with van der Waals surface area (Å²) in [5, 5.41) is 4.71. The maximum atomic E-state index is 12.9. The van der Waals surface area contributed by atoms with Crippen LogP contribution in [-0.2, 0) is 11.3 Å². The number of rotatable bonds is 5. The number of likely N-dealkylation sites (N-methyl/N-ethyl adjacent to an activating group) is 1. The zero-order chi connectivity index (χ0) is 17.8. The predicted octanol–water partition coefficient (Wildman–Crippen LogP) is 2.40. The van der Waals surface area contributed by atoms with Crippen molar-refractivity contribution in [3.8, 4) is 0 Å². The van der Waals surface area contributed by atoms with Gasteiger partial charge in [-0.3, -0.25) is 19.3 Å². The van der Waals surface area contributed by atoms with Gasteiger partial charge in [-0.1, -0.05) is 12.1 Å². The Bertz CT molecular complexity index is 937. The van der Waals surface area contributed by atoms with E-state index in [-0.39, 0.29) is 23.9 Å². The minimum absolute atomic E-state index is 0.0480. The van der Waals surface area contributed by atoms with E-state index < -0.39 is 0 Å². The SMILES string of the molecule is CCN(C(=O)Cn1ncc(=O)c2ccccc21)C(C)c1ccncc1. The van der Waals surface area contributed by atoms with Crippen LogP contribution >= 0.6 is 0 Å². The van der Waals surface area contributed by atoms with E-state index in [2.05, 4.69) is 10.1 Å². The highest BCUT2D eigenvalue weighted by Crippen LogP contribution is 2.20. The first kappa shape index (κ1) is 16.8. The Balaban J connectivity index is 1.88. The summed E-state index contributed by atoms with van der Waals surface area (Å²) in [5.41, 5.74) is 1.55. The number of hydrogen-bond acceptors (Lipinski definition) is 4. The lowest BCUT2D eigenvalue weighted by atomic mass is 10.1. The summed E-state index contributed by atoms with van der Waals surface area (Å²) >= 11 is 0. The van der Waals surface area contributed by atoms with Gasteiger partial charge in [0.2, 0.25) is 11.3 Å². The van der Waals surface area contributed by atoms with Gasteiger partial charge in [0.1, 0.15) is 6.54 Å². The maximum absolute atomic E-state index is 12.9. The zero-order valence-electron chi connectivity index (χ0n) is 14.3. The van der Waals surface area contributed by atoms with Crippen molar-refractivity contribution in [2.45, 2.75) is 26.4 Å². The Morgan fingerprint density at radius 2 is 1.92 bits per heavy atom. The van der Waals surface area contributed by atoms with E-state index in [1.165, 1.54) is 6.20 Å². The molecule has 128 valence electrons. The molecule has 6 heteroatoms. The Morgan fingerprint density at radius 1 is 1.20 bits per heavy atom. The molecule has 3 rings (SSSR count). The first-order valence-electron chi connectivity index (χ1n) is 8.26. The summed E-state index contributed by atoms with van der Waals surface area (Å²) < 4.78 is 1.58. The van der Waals surface area contributed by atoms with Crippen LogP contribution in [0, 0.1) is 0 Å². The highest BCUT2D eigenvalue weighted by atomic mass is 16.2. The molecule has 0 aliphatic carbocycles. The van der Waals surface area contributed by atoms with E-state index >= 15 is 0 Å². The molecule has 2 aromatic heterocycles. The van der Waals surface area contributed by atoms with Crippen LogP contribution in [-0.4, -0.2) is 32.1 Å². The molecule has 0 bridgehead atoms. The van der Waals surface area contributed by atoms with Gasteiger partial charge in [-0.15, -0.1) is 0 Å². The maximum Gasteiger partial charge on any atom is 0.244 e. The molecule has 0 fully saturated rings. The largest absolute Gasteiger partial charge is 0.335 e. The monoisotopic (exact) mass is 336 g/mol. The van der Waals surface area contributed by atoms with Crippen molar-refractivity contribution in [1.29, 1.82) is 0 Å². The summed E-state index contributed by atoms with van der Waals surface area (Å²) in [5.74, 6) is -0.0480. The zero-order valence-corrected chi connectivity index (χ0v) is 14.3. The molecule has 1 amide bonds. The van der Waals surface area contributed by atoms with Gasteiger partial charge >= 0.3 is 0 Å². The highest BCUT2D eigenvalue weighted by Gasteiger charge is 2.20. The van der Waals surface area contributed by atoms with Gasteiger partial charge in [0.05, 0.1) is 17.8 Å². The standard InChI is InChI=1S/C19H20N4O2/c1-3-22(14(2)15-8-10-20-11-9-15)19(25)13-23-17-7-5-4-6-16(17)18(24)12-21-23/h4-12,14H,3,13H2,1-2H3. The Labute approximate surface area is 145 Å². The van der Waals surface area contributed by atoms with Gasteiger partial charge in [0, 0.05) is 24.3 Å². The third-order valence-corrected chi connectivity index (χ3v) is 4.36. The number of fused-ring (bicyclic) bond motifs is 1. The van der Waals surface area contributed by atoms with Gasteiger partial charge < -0.3 is 4.90 Å². The second-order valence-electron chi connectivity index (χ2n) is 5.82. The summed E-state index contributed by atoms with van der Waals surface area (Å²) in [6, 6.07) is 10.9. The molecular formula is C19H20N4O2. The first-order valence-corrected chi connectivity index (χ1v) is 8.26. The molecule has 0 radical (unpaired) electrons. The van der Waals surface area contributed by atoms with E-state index in [4.69, 9.17) is 0 Å². The molecule has 0 saturated carbocycles. The molecule has 0 aliphatic heterocycles. The van der Waals surface area contributed by atoms with Gasteiger partial charge in [-0.2, -0.15) is 5.10 Å². The van der Waals surface area contributed by atoms with Gasteiger partial charge in [-0.25, -0.2) is 0 Å². The Kier molecular flexibility index (Phi) is 4.88. The van der Waals surface area contributed by atoms with Crippen LogP contribution < -0.4 is 5.43 Å². The molecule has 25 heavy (non-hydrogen) atoms. The van der Waals surface area contributed by atoms with Crippen molar-refractivity contribution in [2.75, 3.05) is 6.54 Å². The topological polar surface area (TPSA) is 68.1 Å². The number of benzene rings is 1. The molecule has 2 heterocycles. The van der Waals surface area contributed by atoms with E-state index in [9.17, 15) is 9.59 Å². The van der Waals surface area contributed by atoms with E-state index in [0.29, 0.717) is 17.4 Å². The van der Waals surface area contributed by atoms with Crippen molar-refractivity contribution in [1.82, 2.24) is 19.7 Å². The van der Waals surface area contributed by atoms with Crippen LogP contribution in [0.3, 0.4) is 0 Å². The van der Waals surface area contributed by atoms with Gasteiger partial charge in [-0.05, 0) is 43.7 Å². The second-order valence-corrected chi connectivity index (χ2v) is 5.82. The van der Waals surface area contributed by atoms with Crippen molar-refractivity contribution < 1.29 is 4.79 Å². The van der Waals surface area contributed by atoms with Crippen molar-refractivity contribution in [3.05, 3.63) is 70.8 Å². The van der Waals surface area contributed by atoms with Crippen LogP contribution in [0.2, 0.25) is 0 Å². The molecule has 0 spiro atoms. The number of pyridine rings is 1. The predicted molar refractivity (Wildman–Crippen MR) is 96.0 cm³/mol. The molecular weight excluding hydrogens is 316 g/mol. The fourth-order valence-electron chi connectivity index (χ4n) is 2.99. The van der Waals surface area contributed by atoms with Crippen LogP contribution in [0.5, 0.6) is 0 Å². The van der Waals surface area contributed by atoms with Crippen molar-refractivity contribution >= 4 is 16.8 Å². The lowest BCUT2D eigenvalue weighted by molar-refractivity contribution is -0.133. The summed E-state index contributed by atoms with van der Waals surface area (Å²) in [7, 11) is 0. The fourth-order valence-corrected chi connectivity index (χ4v) is 2.99. The number of hydrogen-bond donors (Lipinski definition) is 0. The van der Waals surface area contributed by atoms with Gasteiger partial charge in [0.15, 0.2) is 0 Å². The molecule has 1 unspecified atom stereocenters. The Morgan fingerprint density at radius 3 is 2.64 bits per heavy atom. The molecule has 1 aromatic carbocycles. The highest BCUT2D eigenvalue weighted by molar-refractivity contribution is 5.81. The third kappa shape index (κ3) is 3.42. The lowest BCUT2D eigenvalue weighted by Crippen LogP contribution is -2.36. The average molecular weight is 336 g/mol. The summed E-state index contributed by atoms with van der Waals surface area (Å²) in [6.45, 7) is 4.62. The van der Waals surface area contributed by atoms with Crippen LogP contribution in [0.25, 0.3) is 10.9 Å². The number of carbonyl (C=O) groups excluding carboxylic acids is 1. The third-order valence-electron chi connectivity index (χ3n) is 4.36. The molecule has 0 N–H and O–H groups in total. The number of carbonyl (C=O) groups is 1. The molecule has 0 aliphatic rings. The lowest BCUT2D eigenvalue weighted by Gasteiger charge is -2.28. The normalized spacial score (nSPS) is 12.1. The van der Waals surface area contributed by atoms with Crippen molar-refractivity contribution in [3.63, 3.8) is 0 Å². The average Bonchev–Trinajstić information content (AvgIpc) is 2.65. The molecule has 1 atom stereocenters. The van der Waals surface area contributed by atoms with Crippen molar-refractivity contribution in [2.24, 2.45) is 0 Å². The van der Waals surface area contributed by atoms with E-state index in [1.54, 1.807) is 40.2 Å². The Hall–Kier alpha value is -3.02. The smallest absolute Gasteiger partial charge is 0.244 e. The van der Waals surface area contributed by atoms with E-state index in [1.807, 2.05) is 32.0 Å². The number of nitrogens with zero attached hydrogens (tertiary/aromatic N) is 4. The molecule has 0 saturated heterocycles. The number of para-hydroxylation sites is 1. The molecule has 3 aromatic rings. The van der Waals surface area contributed by atoms with Crippen LogP contribution in [0.1, 0.15) is 25.5 Å². The van der Waals surface area contributed by atoms with Crippen LogP contribution in [0.15, 0.2) is 59.8 Å². The quantitative estimate of drug-likeness (QED) is 0.717. The van der Waals surface area contributed by atoms with E-state index in [0.717, 1.165) is 5.56 Å². The molecule has 6 nitrogen and oxygen atoms in total. The minimum Gasteiger partial charge on any atom is -0.335 e. The number of amides is 1. The summed E-state index contributed by atoms with van der Waals surface area (Å²) in [6.07, 6.45) is 4.71. The first-order chi connectivity index (χ1) is 12.1. The fraction of sp³-hybridized carbons (Fsp3) is 0.263. The minimum atomic E-state index is -0.142. The summed E-state index contributed by atoms with van der Waals surface area (Å²) in [4.78, 5) is 30.6. The number of aromatic nitrogens is 3. The van der Waals surface area contributed by atoms with Crippen LogP contribution in [0.4, 0.5) is 0 Å². The second kappa shape index (κ2) is 7.25.